The second-order valence-electron chi connectivity index (χ2n) is 1.86. The average Bonchev–Trinajstić information content (AvgIpc) is 2.01. The van der Waals surface area contributed by atoms with E-state index in [-0.39, 0.29) is 17.8 Å². The molecule has 1 rings (SSSR count). The molecule has 0 aliphatic heterocycles. The van der Waals surface area contributed by atoms with E-state index in [9.17, 15) is 4.79 Å². The molecule has 64 valence electrons. The molecule has 0 bridgehead atoms. The first-order valence-electron chi connectivity index (χ1n) is 2.89. The summed E-state index contributed by atoms with van der Waals surface area (Å²) in [5, 5.41) is 0.647. The SMILES string of the molecule is Nc1nc(N)nc(N(N)C=O)n1. The zero-order valence-corrected chi connectivity index (χ0v) is 6.01. The molecule has 0 radical (unpaired) electrons. The van der Waals surface area contributed by atoms with Gasteiger partial charge in [-0.2, -0.15) is 15.0 Å². The van der Waals surface area contributed by atoms with Crippen LogP contribution in [0.4, 0.5) is 17.8 Å². The second-order valence-corrected chi connectivity index (χ2v) is 1.86. The van der Waals surface area contributed by atoms with Crippen LogP contribution in [0.2, 0.25) is 0 Å². The van der Waals surface area contributed by atoms with Crippen LogP contribution in [-0.4, -0.2) is 21.4 Å². The van der Waals surface area contributed by atoms with Crippen LogP contribution in [0, 0.1) is 0 Å². The number of aromatic nitrogens is 3. The first-order valence-corrected chi connectivity index (χ1v) is 2.89. The minimum Gasteiger partial charge on any atom is -0.368 e. The molecule has 0 fully saturated rings. The number of amides is 1. The Labute approximate surface area is 67.4 Å². The fourth-order valence-corrected chi connectivity index (χ4v) is 0.560. The number of nitrogen functional groups attached to an aromatic ring is 2. The Morgan fingerprint density at radius 1 is 1.17 bits per heavy atom. The van der Waals surface area contributed by atoms with E-state index in [0.29, 0.717) is 11.4 Å². The zero-order chi connectivity index (χ0) is 9.14. The summed E-state index contributed by atoms with van der Waals surface area (Å²) in [4.78, 5) is 20.7. The van der Waals surface area contributed by atoms with E-state index in [1.807, 2.05) is 0 Å². The fourth-order valence-electron chi connectivity index (χ4n) is 0.560. The van der Waals surface area contributed by atoms with Gasteiger partial charge in [0.15, 0.2) is 0 Å². The van der Waals surface area contributed by atoms with Crippen molar-refractivity contribution in [2.45, 2.75) is 0 Å². The van der Waals surface area contributed by atoms with Gasteiger partial charge in [0.2, 0.25) is 18.3 Å². The van der Waals surface area contributed by atoms with Crippen molar-refractivity contribution in [3.8, 4) is 0 Å². The van der Waals surface area contributed by atoms with Gasteiger partial charge in [0.1, 0.15) is 0 Å². The number of hydrazine groups is 1. The van der Waals surface area contributed by atoms with Crippen molar-refractivity contribution in [1.82, 2.24) is 15.0 Å². The number of carbonyl (C=O) groups excluding carboxylic acids is 1. The van der Waals surface area contributed by atoms with Gasteiger partial charge in [-0.05, 0) is 0 Å². The largest absolute Gasteiger partial charge is 0.368 e. The Hall–Kier alpha value is -1.96. The van der Waals surface area contributed by atoms with Crippen LogP contribution < -0.4 is 22.3 Å². The molecule has 0 aliphatic rings. The highest BCUT2D eigenvalue weighted by Crippen LogP contribution is 2.04. The lowest BCUT2D eigenvalue weighted by atomic mass is 10.8. The topological polar surface area (TPSA) is 137 Å². The second kappa shape index (κ2) is 2.96. The van der Waals surface area contributed by atoms with Crippen LogP contribution in [0.1, 0.15) is 0 Å². The Morgan fingerprint density at radius 3 is 2.08 bits per heavy atom. The first-order chi connectivity index (χ1) is 5.63. The minimum absolute atomic E-state index is 0.0880. The fraction of sp³-hybridized carbons (Fsp3) is 0. The lowest BCUT2D eigenvalue weighted by molar-refractivity contribution is -0.107. The first kappa shape index (κ1) is 8.14. The summed E-state index contributed by atoms with van der Waals surface area (Å²) >= 11 is 0. The van der Waals surface area contributed by atoms with E-state index in [2.05, 4.69) is 15.0 Å². The van der Waals surface area contributed by atoms with Crippen molar-refractivity contribution in [3.63, 3.8) is 0 Å². The molecule has 1 aromatic heterocycles. The molecular formula is C4H7N7O. The maximum atomic E-state index is 10.1. The molecule has 0 saturated carbocycles. The maximum Gasteiger partial charge on any atom is 0.253 e. The molecule has 0 spiro atoms. The summed E-state index contributed by atoms with van der Waals surface area (Å²) in [6, 6.07) is 0. The lowest BCUT2D eigenvalue weighted by Gasteiger charge is -2.07. The third-order valence-electron chi connectivity index (χ3n) is 1.00. The van der Waals surface area contributed by atoms with E-state index in [4.69, 9.17) is 17.3 Å². The molecule has 0 unspecified atom stereocenters. The van der Waals surface area contributed by atoms with Crippen LogP contribution in [0.15, 0.2) is 0 Å². The summed E-state index contributed by atoms with van der Waals surface area (Å²) in [7, 11) is 0. The number of anilines is 3. The molecule has 8 nitrogen and oxygen atoms in total. The van der Waals surface area contributed by atoms with Gasteiger partial charge < -0.3 is 11.5 Å². The van der Waals surface area contributed by atoms with Gasteiger partial charge in [0.05, 0.1) is 0 Å². The van der Waals surface area contributed by atoms with Gasteiger partial charge in [-0.25, -0.2) is 10.9 Å². The van der Waals surface area contributed by atoms with Gasteiger partial charge in [0.25, 0.3) is 5.95 Å². The quantitative estimate of drug-likeness (QED) is 0.199. The van der Waals surface area contributed by atoms with Crippen LogP contribution in [0.25, 0.3) is 0 Å². The molecule has 1 amide bonds. The average molecular weight is 169 g/mol. The third-order valence-corrected chi connectivity index (χ3v) is 1.00. The molecule has 6 N–H and O–H groups in total. The highest BCUT2D eigenvalue weighted by molar-refractivity contribution is 5.69. The van der Waals surface area contributed by atoms with Gasteiger partial charge >= 0.3 is 0 Å². The van der Waals surface area contributed by atoms with Gasteiger partial charge in [-0.1, -0.05) is 0 Å². The highest BCUT2D eigenvalue weighted by atomic mass is 16.1. The van der Waals surface area contributed by atoms with Gasteiger partial charge in [0, 0.05) is 0 Å². The monoisotopic (exact) mass is 169 g/mol. The van der Waals surface area contributed by atoms with Crippen LogP contribution in [0.5, 0.6) is 0 Å². The molecule has 8 heteroatoms. The van der Waals surface area contributed by atoms with E-state index in [1.54, 1.807) is 0 Å². The van der Waals surface area contributed by atoms with E-state index < -0.39 is 0 Å². The molecular weight excluding hydrogens is 162 g/mol. The van der Waals surface area contributed by atoms with Gasteiger partial charge in [-0.15, -0.1) is 0 Å². The standard InChI is InChI=1S/C4H7N7O/c5-2-8-3(6)10-4(9-2)11(7)1-12/h1H,7H2,(H4,5,6,8,9,10). The van der Waals surface area contributed by atoms with Crippen LogP contribution in [0.3, 0.4) is 0 Å². The van der Waals surface area contributed by atoms with Crippen LogP contribution in [-0.2, 0) is 4.79 Å². The Bertz CT molecular complexity index is 279. The molecule has 1 heterocycles. The van der Waals surface area contributed by atoms with Gasteiger partial charge in [-0.3, -0.25) is 4.79 Å². The smallest absolute Gasteiger partial charge is 0.253 e. The normalized spacial score (nSPS) is 9.42. The van der Waals surface area contributed by atoms with Crippen molar-refractivity contribution < 1.29 is 4.79 Å². The summed E-state index contributed by atoms with van der Waals surface area (Å²) in [6.45, 7) is 0. The number of nitrogens with two attached hydrogens (primary N) is 3. The third kappa shape index (κ3) is 1.55. The summed E-state index contributed by atoms with van der Waals surface area (Å²) in [5.74, 6) is 4.87. The van der Waals surface area contributed by atoms with Crippen molar-refractivity contribution in [2.24, 2.45) is 5.84 Å². The van der Waals surface area contributed by atoms with Crippen molar-refractivity contribution in [2.75, 3.05) is 16.5 Å². The highest BCUT2D eigenvalue weighted by Gasteiger charge is 2.05. The number of carbonyl (C=O) groups is 1. The summed E-state index contributed by atoms with van der Waals surface area (Å²) in [5.41, 5.74) is 10.4. The van der Waals surface area contributed by atoms with Crippen molar-refractivity contribution in [1.29, 1.82) is 0 Å². The Kier molecular flexibility index (Phi) is 2.01. The van der Waals surface area contributed by atoms with Crippen molar-refractivity contribution >= 4 is 24.3 Å². The van der Waals surface area contributed by atoms with E-state index in [1.165, 1.54) is 0 Å². The number of nitrogens with zero attached hydrogens (tertiary/aromatic N) is 4. The molecule has 1 aromatic rings. The maximum absolute atomic E-state index is 10.1. The molecule has 0 saturated heterocycles. The van der Waals surface area contributed by atoms with E-state index in [0.717, 1.165) is 0 Å². The summed E-state index contributed by atoms with van der Waals surface area (Å²) < 4.78 is 0. The number of rotatable bonds is 2. The molecule has 0 aliphatic carbocycles. The predicted molar refractivity (Wildman–Crippen MR) is 41.4 cm³/mol. The minimum atomic E-state index is -0.0881. The molecule has 12 heavy (non-hydrogen) atoms. The molecule has 0 aromatic carbocycles. The van der Waals surface area contributed by atoms with Crippen molar-refractivity contribution in [3.05, 3.63) is 0 Å². The lowest BCUT2D eigenvalue weighted by Crippen LogP contribution is -2.31. The molecule has 0 atom stereocenters. The Balaban J connectivity index is 3.08. The summed E-state index contributed by atoms with van der Waals surface area (Å²) in [6.07, 6.45) is 0.328. The van der Waals surface area contributed by atoms with E-state index >= 15 is 0 Å². The Morgan fingerprint density at radius 2 is 1.67 bits per heavy atom. The number of hydrogen-bond donors (Lipinski definition) is 3. The number of hydrogen-bond acceptors (Lipinski definition) is 7. The predicted octanol–water partition coefficient (Wildman–Crippen LogP) is -2.13. The zero-order valence-electron chi connectivity index (χ0n) is 6.01. The van der Waals surface area contributed by atoms with Crippen LogP contribution >= 0.6 is 0 Å².